The van der Waals surface area contributed by atoms with Crippen LogP contribution >= 0.6 is 0 Å². The van der Waals surface area contributed by atoms with E-state index in [9.17, 15) is 0 Å². The van der Waals surface area contributed by atoms with E-state index >= 15 is 0 Å². The summed E-state index contributed by atoms with van der Waals surface area (Å²) in [7, 11) is 0. The molecular weight excluding hydrogens is 562 g/mol. The van der Waals surface area contributed by atoms with Crippen molar-refractivity contribution in [1.82, 2.24) is 15.0 Å². The van der Waals surface area contributed by atoms with E-state index in [1.54, 1.807) is 0 Å². The molecule has 0 unspecified atom stereocenters. The van der Waals surface area contributed by atoms with E-state index in [2.05, 4.69) is 91.4 Å². The molecule has 5 aromatic carbocycles. The van der Waals surface area contributed by atoms with Crippen LogP contribution in [0.5, 0.6) is 0 Å². The summed E-state index contributed by atoms with van der Waals surface area (Å²) in [6.07, 6.45) is 3.25. The molecule has 4 nitrogen and oxygen atoms in total. The largest absolute Gasteiger partial charge is 0.455 e. The lowest BCUT2D eigenvalue weighted by Gasteiger charge is -2.16. The third-order valence-electron chi connectivity index (χ3n) is 8.86. The highest BCUT2D eigenvalue weighted by Gasteiger charge is 2.18. The van der Waals surface area contributed by atoms with Crippen molar-refractivity contribution in [2.24, 2.45) is 0 Å². The van der Waals surface area contributed by atoms with Gasteiger partial charge in [0.15, 0.2) is 0 Å². The number of aryl methyl sites for hydroxylation is 5. The van der Waals surface area contributed by atoms with Gasteiger partial charge >= 0.3 is 0 Å². The molecule has 0 saturated carbocycles. The molecule has 0 bridgehead atoms. The highest BCUT2D eigenvalue weighted by atomic mass is 16.3. The zero-order chi connectivity index (χ0) is 36.5. The Morgan fingerprint density at radius 1 is 0.543 bits per heavy atom. The molecule has 46 heavy (non-hydrogen) atoms. The van der Waals surface area contributed by atoms with E-state index in [0.29, 0.717) is 11.3 Å². The first-order chi connectivity index (χ1) is 24.8. The minimum atomic E-state index is -2.71. The van der Waals surface area contributed by atoms with Gasteiger partial charge in [-0.25, -0.2) is 4.98 Å². The van der Waals surface area contributed by atoms with Crippen molar-refractivity contribution in [3.63, 3.8) is 0 Å². The number of furan rings is 1. The number of hydrogen-bond acceptors (Lipinski definition) is 4. The quantitative estimate of drug-likeness (QED) is 0.201. The molecule has 0 aliphatic heterocycles. The first-order valence-corrected chi connectivity index (χ1v) is 15.2. The monoisotopic (exact) mass is 601 g/mol. The second kappa shape index (κ2) is 10.8. The number of aromatic nitrogens is 3. The molecule has 8 rings (SSSR count). The summed E-state index contributed by atoms with van der Waals surface area (Å²) < 4.78 is 53.2. The molecule has 0 atom stereocenters. The molecular formula is C42H33N3O. The Kier molecular flexibility index (Phi) is 5.15. The molecule has 0 radical (unpaired) electrons. The number of hydrogen-bond donors (Lipinski definition) is 0. The zero-order valence-corrected chi connectivity index (χ0v) is 25.6. The van der Waals surface area contributed by atoms with Crippen LogP contribution in [0.2, 0.25) is 0 Å². The molecule has 0 aliphatic carbocycles. The normalized spacial score (nSPS) is 14.1. The highest BCUT2D eigenvalue weighted by molar-refractivity contribution is 6.17. The zero-order valence-electron chi connectivity index (χ0n) is 31.6. The molecule has 0 N–H and O–H groups in total. The van der Waals surface area contributed by atoms with Crippen molar-refractivity contribution in [2.75, 3.05) is 0 Å². The Morgan fingerprint density at radius 2 is 1.28 bits per heavy atom. The maximum atomic E-state index is 7.84. The van der Waals surface area contributed by atoms with Crippen molar-refractivity contribution >= 4 is 32.7 Å². The summed E-state index contributed by atoms with van der Waals surface area (Å²) in [5.74, 6) is 0. The predicted octanol–water partition coefficient (Wildman–Crippen LogP) is 11.1. The molecule has 4 heteroatoms. The number of pyridine rings is 1. The Morgan fingerprint density at radius 3 is 2.09 bits per heavy atom. The SMILES string of the molecule is [2H]C([2H])([2H])c1ncc(-c2ccc(-c3cc(C)c(-c4cc(-c5cccc6c5oc5c7ccccc7ccc65)ncc4C)c(C)c3)cc2)nc1C([2H])([2H])[2H]. The van der Waals surface area contributed by atoms with Gasteiger partial charge in [0.1, 0.15) is 11.2 Å². The average Bonchev–Trinajstić information content (AvgIpc) is 3.51. The fraction of sp³-hybridized carbons (Fsp3) is 0.119. The second-order valence-corrected chi connectivity index (χ2v) is 11.8. The van der Waals surface area contributed by atoms with Crippen LogP contribution in [-0.4, -0.2) is 15.0 Å². The van der Waals surface area contributed by atoms with Gasteiger partial charge in [-0.1, -0.05) is 78.9 Å². The highest BCUT2D eigenvalue weighted by Crippen LogP contribution is 2.40. The summed E-state index contributed by atoms with van der Waals surface area (Å²) in [6.45, 7) is 0.909. The van der Waals surface area contributed by atoms with Crippen LogP contribution in [0.1, 0.15) is 36.3 Å². The summed E-state index contributed by atoms with van der Waals surface area (Å²) in [4.78, 5) is 13.1. The smallest absolute Gasteiger partial charge is 0.144 e. The maximum Gasteiger partial charge on any atom is 0.144 e. The van der Waals surface area contributed by atoms with Crippen LogP contribution in [0, 0.1) is 34.5 Å². The number of nitrogens with zero attached hydrogens (tertiary/aromatic N) is 3. The van der Waals surface area contributed by atoms with E-state index in [1.165, 1.54) is 6.20 Å². The Labute approximate surface area is 276 Å². The summed E-state index contributed by atoms with van der Waals surface area (Å²) in [5, 5.41) is 4.36. The molecule has 0 fully saturated rings. The van der Waals surface area contributed by atoms with Gasteiger partial charge in [-0.3, -0.25) is 9.97 Å². The van der Waals surface area contributed by atoms with Crippen molar-refractivity contribution < 1.29 is 12.6 Å². The van der Waals surface area contributed by atoms with Gasteiger partial charge < -0.3 is 4.42 Å². The van der Waals surface area contributed by atoms with Crippen molar-refractivity contribution in [1.29, 1.82) is 0 Å². The average molecular weight is 602 g/mol. The lowest BCUT2D eigenvalue weighted by molar-refractivity contribution is 0.673. The van der Waals surface area contributed by atoms with Gasteiger partial charge in [0.05, 0.1) is 29.0 Å². The first-order valence-electron chi connectivity index (χ1n) is 18.2. The number of fused-ring (bicyclic) bond motifs is 5. The van der Waals surface area contributed by atoms with Crippen LogP contribution in [-0.2, 0) is 0 Å². The Balaban J connectivity index is 1.15. The minimum absolute atomic E-state index is 0.295. The molecule has 0 aliphatic rings. The third-order valence-corrected chi connectivity index (χ3v) is 8.86. The van der Waals surface area contributed by atoms with Gasteiger partial charge in [-0.05, 0) is 97.0 Å². The number of para-hydroxylation sites is 1. The molecule has 0 amide bonds. The number of benzene rings is 5. The van der Waals surface area contributed by atoms with Crippen LogP contribution in [0.3, 0.4) is 0 Å². The van der Waals surface area contributed by atoms with E-state index in [0.717, 1.165) is 82.9 Å². The summed E-state index contributed by atoms with van der Waals surface area (Å²) >= 11 is 0. The molecule has 222 valence electrons. The van der Waals surface area contributed by atoms with Crippen molar-refractivity contribution in [2.45, 2.75) is 34.5 Å². The summed E-state index contributed by atoms with van der Waals surface area (Å²) in [6, 6.07) is 32.8. The number of rotatable bonds is 4. The van der Waals surface area contributed by atoms with Crippen LogP contribution in [0.4, 0.5) is 0 Å². The van der Waals surface area contributed by atoms with Gasteiger partial charge in [-0.2, -0.15) is 0 Å². The van der Waals surface area contributed by atoms with E-state index in [1.807, 2.05) is 42.6 Å². The third kappa shape index (κ3) is 4.57. The van der Waals surface area contributed by atoms with Crippen LogP contribution < -0.4 is 0 Å². The molecule has 3 aromatic heterocycles. The molecule has 0 saturated heterocycles. The molecule has 3 heterocycles. The van der Waals surface area contributed by atoms with Gasteiger partial charge in [0, 0.05) is 41.7 Å². The fourth-order valence-corrected chi connectivity index (χ4v) is 6.58. The van der Waals surface area contributed by atoms with E-state index in [4.69, 9.17) is 17.6 Å². The van der Waals surface area contributed by atoms with Crippen molar-refractivity contribution in [3.05, 3.63) is 138 Å². The fourth-order valence-electron chi connectivity index (χ4n) is 6.58. The van der Waals surface area contributed by atoms with E-state index < -0.39 is 25.1 Å². The van der Waals surface area contributed by atoms with Gasteiger partial charge in [0.2, 0.25) is 0 Å². The Hall–Kier alpha value is -5.61. The summed E-state index contributed by atoms with van der Waals surface area (Å²) in [5.41, 5.74) is 10.9. The van der Waals surface area contributed by atoms with Crippen LogP contribution in [0.15, 0.2) is 114 Å². The predicted molar refractivity (Wildman–Crippen MR) is 190 cm³/mol. The second-order valence-electron chi connectivity index (χ2n) is 11.8. The minimum Gasteiger partial charge on any atom is -0.455 e. The maximum absolute atomic E-state index is 7.84. The Bertz CT molecular complexity index is 2670. The lowest BCUT2D eigenvalue weighted by Crippen LogP contribution is -1.96. The lowest BCUT2D eigenvalue weighted by atomic mass is 9.89. The molecule has 0 spiro atoms. The first kappa shape index (κ1) is 22.0. The van der Waals surface area contributed by atoms with Gasteiger partial charge in [-0.15, -0.1) is 0 Å². The molecule has 8 aromatic rings. The van der Waals surface area contributed by atoms with Gasteiger partial charge in [0.25, 0.3) is 0 Å². The van der Waals surface area contributed by atoms with Crippen molar-refractivity contribution in [3.8, 4) is 44.8 Å². The van der Waals surface area contributed by atoms with Crippen LogP contribution in [0.25, 0.3) is 77.5 Å². The van der Waals surface area contributed by atoms with E-state index in [-0.39, 0.29) is 0 Å². The topological polar surface area (TPSA) is 51.8 Å². The standard InChI is InChI=1S/C42H33N3O/c1-24-19-32(29-13-15-31(16-14-29)39-23-43-27(4)28(5)45-39)20-25(2)40(24)37-21-38(44-22-26(37)3)36-12-8-11-34-35-18-17-30-9-6-7-10-33(30)41(35)46-42(34)36/h6-23H,1-5H3/i4D3,5D3.